The van der Waals surface area contributed by atoms with E-state index in [1.54, 1.807) is 6.92 Å². The second-order valence-electron chi connectivity index (χ2n) is 4.07. The van der Waals surface area contributed by atoms with E-state index in [0.29, 0.717) is 0 Å². The molecule has 0 heterocycles. The number of halogens is 4. The van der Waals surface area contributed by atoms with Gasteiger partial charge in [0.1, 0.15) is 5.75 Å². The van der Waals surface area contributed by atoms with Gasteiger partial charge in [0.15, 0.2) is 0 Å². The molecule has 1 rings (SSSR count). The van der Waals surface area contributed by atoms with Crippen LogP contribution >= 0.6 is 12.4 Å². The van der Waals surface area contributed by atoms with E-state index in [1.807, 2.05) is 0 Å². The van der Waals surface area contributed by atoms with Gasteiger partial charge in [0.2, 0.25) is 0 Å². The van der Waals surface area contributed by atoms with Gasteiger partial charge in [-0.05, 0) is 24.6 Å². The van der Waals surface area contributed by atoms with Gasteiger partial charge in [0, 0.05) is 6.04 Å². The fourth-order valence-electron chi connectivity index (χ4n) is 1.74. The largest absolute Gasteiger partial charge is 0.497 e. The first-order valence-electron chi connectivity index (χ1n) is 5.96. The first kappa shape index (κ1) is 19.5. The molecular formula is C13H17ClF3NO3. The third-order valence-corrected chi connectivity index (χ3v) is 2.66. The fraction of sp³-hybridized carbons (Fsp3) is 0.462. The van der Waals surface area contributed by atoms with E-state index < -0.39 is 23.8 Å². The minimum Gasteiger partial charge on any atom is -0.497 e. The van der Waals surface area contributed by atoms with Crippen molar-refractivity contribution in [2.24, 2.45) is 5.73 Å². The lowest BCUT2D eigenvalue weighted by Crippen LogP contribution is -2.21. The minimum absolute atomic E-state index is 0. The molecule has 0 radical (unpaired) electrons. The molecule has 0 aliphatic carbocycles. The quantitative estimate of drug-likeness (QED) is 0.844. The molecule has 1 aromatic rings. The number of carbonyl (C=O) groups excluding carboxylic acids is 1. The van der Waals surface area contributed by atoms with Crippen molar-refractivity contribution < 1.29 is 27.4 Å². The van der Waals surface area contributed by atoms with Gasteiger partial charge < -0.3 is 15.2 Å². The van der Waals surface area contributed by atoms with Gasteiger partial charge >= 0.3 is 12.1 Å². The summed E-state index contributed by atoms with van der Waals surface area (Å²) in [7, 11) is 1.27. The summed E-state index contributed by atoms with van der Waals surface area (Å²) in [5.74, 6) is -0.562. The van der Waals surface area contributed by atoms with Crippen molar-refractivity contribution in [3.8, 4) is 5.75 Å². The maximum absolute atomic E-state index is 13.0. The Morgan fingerprint density at radius 2 is 2.00 bits per heavy atom. The number of rotatable bonds is 5. The van der Waals surface area contributed by atoms with Crippen molar-refractivity contribution in [1.29, 1.82) is 0 Å². The summed E-state index contributed by atoms with van der Waals surface area (Å²) in [6.45, 7) is 1.76. The van der Waals surface area contributed by atoms with Gasteiger partial charge in [-0.2, -0.15) is 13.2 Å². The molecule has 0 amide bonds. The summed E-state index contributed by atoms with van der Waals surface area (Å²) in [4.78, 5) is 11.3. The van der Waals surface area contributed by atoms with Gasteiger partial charge in [-0.25, -0.2) is 0 Å². The van der Waals surface area contributed by atoms with Crippen LogP contribution in [0.2, 0.25) is 0 Å². The number of alkyl halides is 3. The second kappa shape index (κ2) is 8.09. The van der Waals surface area contributed by atoms with Crippen LogP contribution in [0.25, 0.3) is 0 Å². The number of hydrogen-bond acceptors (Lipinski definition) is 4. The van der Waals surface area contributed by atoms with E-state index in [-0.39, 0.29) is 36.7 Å². The standard InChI is InChI=1S/C13H16F3NO3.ClH/c1-3-20-12(18)7-11(17)9-5-4-8(19-2)6-10(9)13(14,15)16;/h4-6,11H,3,7,17H2,1-2H3;1H/t11-;/m0./s1. The molecule has 1 atom stereocenters. The summed E-state index contributed by atoms with van der Waals surface area (Å²) < 4.78 is 48.4. The Kier molecular flexibility index (Phi) is 7.52. The van der Waals surface area contributed by atoms with Crippen molar-refractivity contribution in [1.82, 2.24) is 0 Å². The van der Waals surface area contributed by atoms with Crippen molar-refractivity contribution >= 4 is 18.4 Å². The molecule has 2 N–H and O–H groups in total. The van der Waals surface area contributed by atoms with E-state index in [0.717, 1.165) is 6.07 Å². The highest BCUT2D eigenvalue weighted by atomic mass is 35.5. The zero-order chi connectivity index (χ0) is 15.3. The fourth-order valence-corrected chi connectivity index (χ4v) is 1.74. The zero-order valence-corrected chi connectivity index (χ0v) is 12.4. The number of esters is 1. The van der Waals surface area contributed by atoms with Crippen LogP contribution in [0.3, 0.4) is 0 Å². The van der Waals surface area contributed by atoms with Crippen LogP contribution < -0.4 is 10.5 Å². The highest BCUT2D eigenvalue weighted by molar-refractivity contribution is 5.85. The summed E-state index contributed by atoms with van der Waals surface area (Å²) in [5.41, 5.74) is 4.60. The van der Waals surface area contributed by atoms with Crippen molar-refractivity contribution in [2.75, 3.05) is 13.7 Å². The van der Waals surface area contributed by atoms with Crippen molar-refractivity contribution in [2.45, 2.75) is 25.6 Å². The van der Waals surface area contributed by atoms with Gasteiger partial charge in [0.25, 0.3) is 0 Å². The van der Waals surface area contributed by atoms with Crippen molar-refractivity contribution in [3.63, 3.8) is 0 Å². The van der Waals surface area contributed by atoms with Crippen LogP contribution in [0.4, 0.5) is 13.2 Å². The molecule has 0 unspecified atom stereocenters. The first-order chi connectivity index (χ1) is 9.29. The molecule has 0 saturated carbocycles. The zero-order valence-electron chi connectivity index (χ0n) is 11.6. The Bertz CT molecular complexity index is 480. The highest BCUT2D eigenvalue weighted by Gasteiger charge is 2.35. The molecule has 1 aromatic carbocycles. The average molecular weight is 328 g/mol. The van der Waals surface area contributed by atoms with Crippen LogP contribution in [-0.4, -0.2) is 19.7 Å². The SMILES string of the molecule is CCOC(=O)C[C@H](N)c1ccc(OC)cc1C(F)(F)F.Cl. The molecule has 0 aliphatic rings. The molecule has 4 nitrogen and oxygen atoms in total. The Morgan fingerprint density at radius 1 is 1.38 bits per heavy atom. The summed E-state index contributed by atoms with van der Waals surface area (Å²) in [6.07, 6.45) is -4.89. The average Bonchev–Trinajstić information content (AvgIpc) is 2.37. The molecule has 0 aliphatic heterocycles. The first-order valence-corrected chi connectivity index (χ1v) is 5.96. The van der Waals surface area contributed by atoms with E-state index in [2.05, 4.69) is 4.74 Å². The number of hydrogen-bond donors (Lipinski definition) is 1. The van der Waals surface area contributed by atoms with E-state index in [1.165, 1.54) is 19.2 Å². The van der Waals surface area contributed by atoms with Crippen LogP contribution in [0.1, 0.15) is 30.5 Å². The third-order valence-electron chi connectivity index (χ3n) is 2.66. The Hall–Kier alpha value is -1.47. The highest BCUT2D eigenvalue weighted by Crippen LogP contribution is 2.37. The maximum atomic E-state index is 13.0. The summed E-state index contributed by atoms with van der Waals surface area (Å²) >= 11 is 0. The number of carbonyl (C=O) groups is 1. The van der Waals surface area contributed by atoms with Gasteiger partial charge in [-0.15, -0.1) is 12.4 Å². The van der Waals surface area contributed by atoms with E-state index in [4.69, 9.17) is 10.5 Å². The molecule has 8 heteroatoms. The number of nitrogens with two attached hydrogens (primary N) is 1. The Morgan fingerprint density at radius 3 is 2.48 bits per heavy atom. The Labute approximate surface area is 126 Å². The molecule has 0 aromatic heterocycles. The van der Waals surface area contributed by atoms with Crippen LogP contribution in [0, 0.1) is 0 Å². The normalized spacial score (nSPS) is 12.3. The second-order valence-corrected chi connectivity index (χ2v) is 4.07. The van der Waals surface area contributed by atoms with E-state index >= 15 is 0 Å². The topological polar surface area (TPSA) is 61.5 Å². The van der Waals surface area contributed by atoms with Crippen LogP contribution in [0.5, 0.6) is 5.75 Å². The molecule has 120 valence electrons. The lowest BCUT2D eigenvalue weighted by molar-refractivity contribution is -0.144. The van der Waals surface area contributed by atoms with E-state index in [9.17, 15) is 18.0 Å². The number of methoxy groups -OCH3 is 1. The molecule has 0 fully saturated rings. The maximum Gasteiger partial charge on any atom is 0.416 e. The third kappa shape index (κ3) is 5.43. The number of benzene rings is 1. The predicted octanol–water partition coefficient (Wildman–Crippen LogP) is 3.09. The number of ether oxygens (including phenoxy) is 2. The summed E-state index contributed by atoms with van der Waals surface area (Å²) in [5, 5.41) is 0. The molecule has 0 bridgehead atoms. The van der Waals surface area contributed by atoms with Crippen molar-refractivity contribution in [3.05, 3.63) is 29.3 Å². The van der Waals surface area contributed by atoms with Gasteiger partial charge in [-0.3, -0.25) is 4.79 Å². The molecule has 0 spiro atoms. The van der Waals surface area contributed by atoms with Crippen LogP contribution in [0.15, 0.2) is 18.2 Å². The lowest BCUT2D eigenvalue weighted by atomic mass is 9.98. The monoisotopic (exact) mass is 327 g/mol. The lowest BCUT2D eigenvalue weighted by Gasteiger charge is -2.18. The minimum atomic E-state index is -4.57. The smallest absolute Gasteiger partial charge is 0.416 e. The molecular weight excluding hydrogens is 311 g/mol. The molecule has 21 heavy (non-hydrogen) atoms. The van der Waals surface area contributed by atoms with Gasteiger partial charge in [-0.1, -0.05) is 6.07 Å². The van der Waals surface area contributed by atoms with Crippen LogP contribution in [-0.2, 0) is 15.7 Å². The summed E-state index contributed by atoms with van der Waals surface area (Å²) in [6, 6.07) is 2.36. The molecule has 0 saturated heterocycles. The predicted molar refractivity (Wildman–Crippen MR) is 73.4 cm³/mol. The Balaban J connectivity index is 0.00000400. The van der Waals surface area contributed by atoms with Gasteiger partial charge in [0.05, 0.1) is 25.7 Å².